The van der Waals surface area contributed by atoms with Gasteiger partial charge in [0.05, 0.1) is 4.88 Å². The molecule has 1 amide bonds. The molecule has 2 rings (SSSR count). The molecule has 8 heteroatoms. The highest BCUT2D eigenvalue weighted by molar-refractivity contribution is 7.13. The molecule has 0 saturated heterocycles. The second kappa shape index (κ2) is 6.49. The van der Waals surface area contributed by atoms with Crippen LogP contribution in [0.5, 0.6) is 0 Å². The summed E-state index contributed by atoms with van der Waals surface area (Å²) in [5, 5.41) is 21.4. The molecule has 0 aliphatic carbocycles. The van der Waals surface area contributed by atoms with Gasteiger partial charge in [-0.3, -0.25) is 4.79 Å². The van der Waals surface area contributed by atoms with Crippen LogP contribution in [0.15, 0.2) is 17.5 Å². The molecule has 0 saturated carbocycles. The number of aromatic nitrogens is 3. The monoisotopic (exact) mass is 308 g/mol. The molecule has 112 valence electrons. The minimum absolute atomic E-state index is 0.146. The average molecular weight is 308 g/mol. The third-order valence-electron chi connectivity index (χ3n) is 2.95. The number of rotatable bonds is 6. The van der Waals surface area contributed by atoms with Crippen LogP contribution in [0.25, 0.3) is 10.6 Å². The maximum absolute atomic E-state index is 12.1. The predicted molar refractivity (Wildman–Crippen MR) is 78.3 cm³/mol. The molecule has 7 nitrogen and oxygen atoms in total. The van der Waals surface area contributed by atoms with E-state index in [1.807, 2.05) is 18.4 Å². The lowest BCUT2D eigenvalue weighted by Crippen LogP contribution is -2.32. The topological polar surface area (TPSA) is 97.1 Å². The number of carbonyl (C=O) groups is 2. The summed E-state index contributed by atoms with van der Waals surface area (Å²) < 4.78 is 1.36. The summed E-state index contributed by atoms with van der Waals surface area (Å²) in [5.74, 6) is -1.37. The first-order chi connectivity index (χ1) is 10.1. The largest absolute Gasteiger partial charge is 0.476 e. The van der Waals surface area contributed by atoms with Crippen LogP contribution < -0.4 is 5.32 Å². The van der Waals surface area contributed by atoms with E-state index in [0.717, 1.165) is 6.42 Å². The summed E-state index contributed by atoms with van der Waals surface area (Å²) in [5.41, 5.74) is 0.212. The van der Waals surface area contributed by atoms with Gasteiger partial charge >= 0.3 is 5.97 Å². The second-order valence-corrected chi connectivity index (χ2v) is 5.43. The molecule has 1 unspecified atom stereocenters. The first kappa shape index (κ1) is 15.2. The van der Waals surface area contributed by atoms with Gasteiger partial charge in [0.15, 0.2) is 5.69 Å². The molecule has 1 atom stereocenters. The number of nitrogens with zero attached hydrogens (tertiary/aromatic N) is 3. The normalized spacial score (nSPS) is 12.1. The van der Waals surface area contributed by atoms with Crippen molar-refractivity contribution in [2.45, 2.75) is 26.3 Å². The molecular formula is C13H16N4O3S. The van der Waals surface area contributed by atoms with E-state index in [1.54, 1.807) is 13.0 Å². The molecule has 2 N–H and O–H groups in total. The van der Waals surface area contributed by atoms with Gasteiger partial charge in [0.1, 0.15) is 11.7 Å². The van der Waals surface area contributed by atoms with Crippen molar-refractivity contribution in [2.24, 2.45) is 0 Å². The first-order valence-corrected chi connectivity index (χ1v) is 7.44. The van der Waals surface area contributed by atoms with Crippen molar-refractivity contribution in [3.05, 3.63) is 23.2 Å². The Kier molecular flexibility index (Phi) is 4.69. The van der Waals surface area contributed by atoms with Crippen LogP contribution in [0.3, 0.4) is 0 Å². The lowest BCUT2D eigenvalue weighted by atomic mass is 10.2. The summed E-state index contributed by atoms with van der Waals surface area (Å²) in [7, 11) is 0. The molecule has 2 heterocycles. The fourth-order valence-corrected chi connectivity index (χ4v) is 2.62. The van der Waals surface area contributed by atoms with E-state index in [4.69, 9.17) is 0 Å². The Morgan fingerprint density at radius 1 is 1.52 bits per heavy atom. The number of thiophene rings is 1. The average Bonchev–Trinajstić information content (AvgIpc) is 3.11. The van der Waals surface area contributed by atoms with Crippen LogP contribution in [-0.2, 0) is 4.79 Å². The van der Waals surface area contributed by atoms with Gasteiger partial charge in [0.2, 0.25) is 5.91 Å². The van der Waals surface area contributed by atoms with Gasteiger partial charge in [0, 0.05) is 6.54 Å². The Morgan fingerprint density at radius 3 is 2.86 bits per heavy atom. The van der Waals surface area contributed by atoms with E-state index >= 15 is 0 Å². The van der Waals surface area contributed by atoms with E-state index in [1.165, 1.54) is 16.0 Å². The lowest BCUT2D eigenvalue weighted by molar-refractivity contribution is -0.124. The number of carboxylic acid groups (broad SMARTS) is 1. The van der Waals surface area contributed by atoms with Crippen LogP contribution in [-0.4, -0.2) is 38.5 Å². The Balaban J connectivity index is 2.40. The van der Waals surface area contributed by atoms with Crippen LogP contribution >= 0.6 is 11.3 Å². The number of amides is 1. The quantitative estimate of drug-likeness (QED) is 0.848. The number of nitrogens with one attached hydrogen (secondary N) is 1. The fraction of sp³-hybridized carbons (Fsp3) is 0.385. The molecule has 0 aliphatic rings. The first-order valence-electron chi connectivity index (χ1n) is 6.56. The maximum Gasteiger partial charge on any atom is 0.358 e. The molecule has 0 bridgehead atoms. The van der Waals surface area contributed by atoms with Gasteiger partial charge in [-0.15, -0.1) is 16.4 Å². The number of aromatic carboxylic acids is 1. The van der Waals surface area contributed by atoms with Crippen molar-refractivity contribution >= 4 is 23.2 Å². The van der Waals surface area contributed by atoms with Gasteiger partial charge in [-0.05, 0) is 24.8 Å². The van der Waals surface area contributed by atoms with Crippen LogP contribution in [0.4, 0.5) is 0 Å². The summed E-state index contributed by atoms with van der Waals surface area (Å²) in [6.07, 6.45) is 0.827. The Bertz CT molecular complexity index is 636. The highest BCUT2D eigenvalue weighted by atomic mass is 32.1. The molecule has 0 aliphatic heterocycles. The Labute approximate surface area is 125 Å². The lowest BCUT2D eigenvalue weighted by Gasteiger charge is -2.14. The van der Waals surface area contributed by atoms with Crippen molar-refractivity contribution in [3.63, 3.8) is 0 Å². The smallest absolute Gasteiger partial charge is 0.358 e. The van der Waals surface area contributed by atoms with E-state index in [9.17, 15) is 14.7 Å². The van der Waals surface area contributed by atoms with Crippen LogP contribution in [0.2, 0.25) is 0 Å². The van der Waals surface area contributed by atoms with Crippen molar-refractivity contribution < 1.29 is 14.7 Å². The van der Waals surface area contributed by atoms with Crippen molar-refractivity contribution in [1.29, 1.82) is 0 Å². The fourth-order valence-electron chi connectivity index (χ4n) is 1.86. The number of carbonyl (C=O) groups excluding carboxylic acids is 1. The maximum atomic E-state index is 12.1. The minimum atomic E-state index is -1.16. The standard InChI is InChI=1S/C13H16N4O3S/c1-3-6-14-12(18)8(2)17-11(9-5-4-7-21-9)10(13(19)20)15-16-17/h4-5,7-8H,3,6H2,1-2H3,(H,14,18)(H,19,20). The van der Waals surface area contributed by atoms with Crippen LogP contribution in [0, 0.1) is 0 Å². The van der Waals surface area contributed by atoms with Gasteiger partial charge in [-0.2, -0.15) is 0 Å². The molecule has 0 spiro atoms. The number of carboxylic acids is 1. The van der Waals surface area contributed by atoms with Gasteiger partial charge in [-0.1, -0.05) is 18.2 Å². The molecule has 2 aromatic heterocycles. The highest BCUT2D eigenvalue weighted by Gasteiger charge is 2.26. The highest BCUT2D eigenvalue weighted by Crippen LogP contribution is 2.29. The summed E-state index contributed by atoms with van der Waals surface area (Å²) in [4.78, 5) is 24.1. The molecule has 0 radical (unpaired) electrons. The zero-order valence-electron chi connectivity index (χ0n) is 11.7. The van der Waals surface area contributed by atoms with E-state index < -0.39 is 12.0 Å². The SMILES string of the molecule is CCCNC(=O)C(C)n1nnc(C(=O)O)c1-c1cccs1. The third-order valence-corrected chi connectivity index (χ3v) is 3.82. The molecule has 0 aromatic carbocycles. The third kappa shape index (κ3) is 3.10. The zero-order valence-corrected chi connectivity index (χ0v) is 12.6. The number of hydrogen-bond acceptors (Lipinski definition) is 5. The van der Waals surface area contributed by atoms with Gasteiger partial charge in [-0.25, -0.2) is 9.48 Å². The van der Waals surface area contributed by atoms with Crippen molar-refractivity contribution in [3.8, 4) is 10.6 Å². The van der Waals surface area contributed by atoms with E-state index in [0.29, 0.717) is 17.1 Å². The van der Waals surface area contributed by atoms with E-state index in [2.05, 4.69) is 15.6 Å². The molecule has 21 heavy (non-hydrogen) atoms. The second-order valence-electron chi connectivity index (χ2n) is 4.48. The van der Waals surface area contributed by atoms with Gasteiger partial charge in [0.25, 0.3) is 0 Å². The number of hydrogen-bond donors (Lipinski definition) is 2. The van der Waals surface area contributed by atoms with Crippen LogP contribution in [0.1, 0.15) is 36.8 Å². The molecule has 0 fully saturated rings. The summed E-state index contributed by atoms with van der Waals surface area (Å²) in [6, 6.07) is 2.96. The Hall–Kier alpha value is -2.22. The summed E-state index contributed by atoms with van der Waals surface area (Å²) in [6.45, 7) is 4.19. The Morgan fingerprint density at radius 2 is 2.29 bits per heavy atom. The van der Waals surface area contributed by atoms with Crippen molar-refractivity contribution in [2.75, 3.05) is 6.54 Å². The van der Waals surface area contributed by atoms with Crippen molar-refractivity contribution in [1.82, 2.24) is 20.3 Å². The predicted octanol–water partition coefficient (Wildman–Crippen LogP) is 1.79. The van der Waals surface area contributed by atoms with Gasteiger partial charge < -0.3 is 10.4 Å². The molecule has 2 aromatic rings. The zero-order chi connectivity index (χ0) is 15.4. The summed E-state index contributed by atoms with van der Waals surface area (Å²) >= 11 is 1.38. The molecular weight excluding hydrogens is 292 g/mol. The minimum Gasteiger partial charge on any atom is -0.476 e. The van der Waals surface area contributed by atoms with E-state index in [-0.39, 0.29) is 11.6 Å².